The van der Waals surface area contributed by atoms with E-state index in [1.807, 2.05) is 13.0 Å². The van der Waals surface area contributed by atoms with Gasteiger partial charge in [-0.1, -0.05) is 17.7 Å². The number of esters is 1. The van der Waals surface area contributed by atoms with Gasteiger partial charge in [0.05, 0.1) is 11.5 Å². The predicted octanol–water partition coefficient (Wildman–Crippen LogP) is 2.41. The molecule has 5 nitrogen and oxygen atoms in total. The van der Waals surface area contributed by atoms with Gasteiger partial charge >= 0.3 is 5.97 Å². The molecule has 22 heavy (non-hydrogen) atoms. The minimum Gasteiger partial charge on any atom is -0.465 e. The van der Waals surface area contributed by atoms with Crippen LogP contribution in [0.4, 0.5) is 0 Å². The van der Waals surface area contributed by atoms with E-state index in [4.69, 9.17) is 4.74 Å². The van der Waals surface area contributed by atoms with E-state index in [2.05, 4.69) is 0 Å². The molecule has 2 rings (SSSR count). The average molecular weight is 325 g/mol. The first-order chi connectivity index (χ1) is 10.4. The van der Waals surface area contributed by atoms with Crippen molar-refractivity contribution in [2.24, 2.45) is 0 Å². The van der Waals surface area contributed by atoms with Gasteiger partial charge in [-0.2, -0.15) is 4.31 Å². The van der Waals surface area contributed by atoms with Gasteiger partial charge in [-0.3, -0.25) is 4.79 Å². The lowest BCUT2D eigenvalue weighted by Crippen LogP contribution is -2.48. The number of ether oxygens (including phenoxy) is 1. The van der Waals surface area contributed by atoms with Crippen molar-refractivity contribution >= 4 is 16.0 Å². The van der Waals surface area contributed by atoms with Crippen molar-refractivity contribution in [2.75, 3.05) is 13.2 Å². The van der Waals surface area contributed by atoms with E-state index < -0.39 is 22.0 Å². The summed E-state index contributed by atoms with van der Waals surface area (Å²) in [6.07, 6.45) is 2.12. The first-order valence-electron chi connectivity index (χ1n) is 7.63. The number of piperidine rings is 1. The van der Waals surface area contributed by atoms with Gasteiger partial charge in [-0.15, -0.1) is 0 Å². The first kappa shape index (κ1) is 17.0. The molecule has 0 aromatic heterocycles. The zero-order chi connectivity index (χ0) is 16.3. The van der Waals surface area contributed by atoms with Crippen LogP contribution in [0.1, 0.15) is 37.3 Å². The molecule has 1 aromatic carbocycles. The largest absolute Gasteiger partial charge is 0.465 e. The van der Waals surface area contributed by atoms with Crippen molar-refractivity contribution < 1.29 is 17.9 Å². The maximum atomic E-state index is 13.0. The number of carbonyl (C=O) groups excluding carboxylic acids is 1. The van der Waals surface area contributed by atoms with Crippen LogP contribution in [0.3, 0.4) is 0 Å². The summed E-state index contributed by atoms with van der Waals surface area (Å²) < 4.78 is 32.3. The number of aryl methyl sites for hydroxylation is 2. The van der Waals surface area contributed by atoms with Gasteiger partial charge < -0.3 is 4.74 Å². The van der Waals surface area contributed by atoms with Crippen LogP contribution in [0, 0.1) is 13.8 Å². The van der Waals surface area contributed by atoms with Crippen LogP contribution in [-0.4, -0.2) is 37.9 Å². The highest BCUT2D eigenvalue weighted by molar-refractivity contribution is 7.89. The number of carbonyl (C=O) groups is 1. The van der Waals surface area contributed by atoms with Gasteiger partial charge in [0.1, 0.15) is 6.04 Å². The molecule has 1 aromatic rings. The Hall–Kier alpha value is -1.40. The SMILES string of the molecule is CCOC(=O)C1CCCCN1S(=O)(=O)c1ccc(C)cc1C. The Bertz CT molecular complexity index is 654. The molecule has 1 fully saturated rings. The van der Waals surface area contributed by atoms with Crippen molar-refractivity contribution in [3.8, 4) is 0 Å². The third-order valence-electron chi connectivity index (χ3n) is 3.93. The van der Waals surface area contributed by atoms with Crippen LogP contribution in [-0.2, 0) is 19.6 Å². The van der Waals surface area contributed by atoms with E-state index >= 15 is 0 Å². The molecule has 1 saturated heterocycles. The van der Waals surface area contributed by atoms with E-state index in [0.29, 0.717) is 18.5 Å². The van der Waals surface area contributed by atoms with Crippen molar-refractivity contribution in [2.45, 2.75) is 51.0 Å². The summed E-state index contributed by atoms with van der Waals surface area (Å²) in [4.78, 5) is 12.4. The minimum absolute atomic E-state index is 0.257. The molecule has 122 valence electrons. The molecule has 1 atom stereocenters. The number of hydrogen-bond acceptors (Lipinski definition) is 4. The third kappa shape index (κ3) is 3.33. The second-order valence-corrected chi connectivity index (χ2v) is 7.51. The molecular weight excluding hydrogens is 302 g/mol. The molecule has 0 N–H and O–H groups in total. The van der Waals surface area contributed by atoms with E-state index in [-0.39, 0.29) is 11.5 Å². The summed E-state index contributed by atoms with van der Waals surface area (Å²) in [5.41, 5.74) is 1.71. The standard InChI is InChI=1S/C16H23NO4S/c1-4-21-16(18)14-7-5-6-10-17(14)22(19,20)15-9-8-12(2)11-13(15)3/h8-9,11,14H,4-7,10H2,1-3H3. The van der Waals surface area contributed by atoms with Crippen molar-refractivity contribution in [1.82, 2.24) is 4.31 Å². The number of nitrogens with zero attached hydrogens (tertiary/aromatic N) is 1. The zero-order valence-corrected chi connectivity index (χ0v) is 14.1. The third-order valence-corrected chi connectivity index (χ3v) is 6.00. The number of benzene rings is 1. The molecule has 0 saturated carbocycles. The van der Waals surface area contributed by atoms with Gasteiger partial charge in [0.15, 0.2) is 0 Å². The normalized spacial score (nSPS) is 19.9. The molecule has 1 aliphatic rings. The lowest BCUT2D eigenvalue weighted by molar-refractivity contribution is -0.148. The summed E-state index contributed by atoms with van der Waals surface area (Å²) in [5.74, 6) is -0.449. The summed E-state index contributed by atoms with van der Waals surface area (Å²) in [6, 6.07) is 4.54. The molecule has 1 unspecified atom stereocenters. The highest BCUT2D eigenvalue weighted by atomic mass is 32.2. The van der Waals surface area contributed by atoms with E-state index in [0.717, 1.165) is 18.4 Å². The highest BCUT2D eigenvalue weighted by Crippen LogP contribution is 2.28. The van der Waals surface area contributed by atoms with E-state index in [1.54, 1.807) is 26.0 Å². The lowest BCUT2D eigenvalue weighted by atomic mass is 10.1. The highest BCUT2D eigenvalue weighted by Gasteiger charge is 2.38. The Morgan fingerprint density at radius 3 is 2.68 bits per heavy atom. The lowest BCUT2D eigenvalue weighted by Gasteiger charge is -2.33. The number of hydrogen-bond donors (Lipinski definition) is 0. The molecule has 0 amide bonds. The Morgan fingerprint density at radius 2 is 2.05 bits per heavy atom. The van der Waals surface area contributed by atoms with Crippen LogP contribution in [0.25, 0.3) is 0 Å². The monoisotopic (exact) mass is 325 g/mol. The van der Waals surface area contributed by atoms with Gasteiger partial charge in [-0.05, 0) is 51.7 Å². The minimum atomic E-state index is -3.69. The number of sulfonamides is 1. The Balaban J connectivity index is 2.38. The molecular formula is C16H23NO4S. The molecule has 0 aliphatic carbocycles. The van der Waals surface area contributed by atoms with Crippen LogP contribution >= 0.6 is 0 Å². The van der Waals surface area contributed by atoms with Crippen LogP contribution in [0.2, 0.25) is 0 Å². The first-order valence-corrected chi connectivity index (χ1v) is 9.07. The van der Waals surface area contributed by atoms with Crippen molar-refractivity contribution in [3.63, 3.8) is 0 Å². The summed E-state index contributed by atoms with van der Waals surface area (Å²) in [6.45, 7) is 6.05. The molecule has 6 heteroatoms. The Morgan fingerprint density at radius 1 is 1.32 bits per heavy atom. The van der Waals surface area contributed by atoms with Gasteiger partial charge in [0.2, 0.25) is 10.0 Å². The number of rotatable bonds is 4. The quantitative estimate of drug-likeness (QED) is 0.798. The van der Waals surface area contributed by atoms with Crippen LogP contribution < -0.4 is 0 Å². The summed E-state index contributed by atoms with van der Waals surface area (Å²) in [5, 5.41) is 0. The zero-order valence-electron chi connectivity index (χ0n) is 13.3. The van der Waals surface area contributed by atoms with Gasteiger partial charge in [-0.25, -0.2) is 8.42 Å². The molecule has 1 heterocycles. The topological polar surface area (TPSA) is 63.7 Å². The van der Waals surface area contributed by atoms with Gasteiger partial charge in [0.25, 0.3) is 0 Å². The fourth-order valence-electron chi connectivity index (χ4n) is 2.88. The van der Waals surface area contributed by atoms with Crippen LogP contribution in [0.5, 0.6) is 0 Å². The predicted molar refractivity (Wildman–Crippen MR) is 84.1 cm³/mol. The summed E-state index contributed by atoms with van der Waals surface area (Å²) >= 11 is 0. The second kappa shape index (κ2) is 6.79. The molecule has 0 radical (unpaired) electrons. The molecule has 1 aliphatic heterocycles. The van der Waals surface area contributed by atoms with Crippen molar-refractivity contribution in [3.05, 3.63) is 29.3 Å². The van der Waals surface area contributed by atoms with E-state index in [9.17, 15) is 13.2 Å². The Kier molecular flexibility index (Phi) is 5.24. The fourth-order valence-corrected chi connectivity index (χ4v) is 4.74. The van der Waals surface area contributed by atoms with E-state index in [1.165, 1.54) is 4.31 Å². The average Bonchev–Trinajstić information content (AvgIpc) is 2.47. The maximum Gasteiger partial charge on any atom is 0.324 e. The molecule has 0 bridgehead atoms. The van der Waals surface area contributed by atoms with Crippen molar-refractivity contribution in [1.29, 1.82) is 0 Å². The van der Waals surface area contributed by atoms with Gasteiger partial charge in [0, 0.05) is 6.54 Å². The Labute approximate surface area is 132 Å². The second-order valence-electron chi connectivity index (χ2n) is 5.65. The smallest absolute Gasteiger partial charge is 0.324 e. The fraction of sp³-hybridized carbons (Fsp3) is 0.562. The summed E-state index contributed by atoms with van der Waals surface area (Å²) in [7, 11) is -3.69. The van der Waals surface area contributed by atoms with Crippen LogP contribution in [0.15, 0.2) is 23.1 Å². The molecule has 0 spiro atoms. The maximum absolute atomic E-state index is 13.0.